The molecule has 1 aliphatic rings. The number of nitrogens with one attached hydrogen (secondary N) is 1. The van der Waals surface area contributed by atoms with Crippen molar-refractivity contribution < 1.29 is 9.18 Å². The first-order chi connectivity index (χ1) is 9.84. The lowest BCUT2D eigenvalue weighted by Gasteiger charge is -2.40. The van der Waals surface area contributed by atoms with Crippen LogP contribution in [0.3, 0.4) is 0 Å². The van der Waals surface area contributed by atoms with Crippen LogP contribution < -0.4 is 5.32 Å². The van der Waals surface area contributed by atoms with Gasteiger partial charge in [0.25, 0.3) is 0 Å². The second kappa shape index (κ2) is 6.59. The number of halogens is 3. The summed E-state index contributed by atoms with van der Waals surface area (Å²) in [6, 6.07) is 5.17. The molecule has 2 rings (SSSR count). The zero-order chi connectivity index (χ0) is 15.6. The van der Waals surface area contributed by atoms with Crippen molar-refractivity contribution in [3.05, 3.63) is 33.8 Å². The van der Waals surface area contributed by atoms with Crippen LogP contribution in [0.2, 0.25) is 10.0 Å². The average molecular weight is 348 g/mol. The summed E-state index contributed by atoms with van der Waals surface area (Å²) in [4.78, 5) is 11.4. The van der Waals surface area contributed by atoms with E-state index in [1.165, 1.54) is 0 Å². The van der Waals surface area contributed by atoms with Gasteiger partial charge in [-0.2, -0.15) is 0 Å². The van der Waals surface area contributed by atoms with Crippen LogP contribution in [-0.4, -0.2) is 23.0 Å². The molecule has 1 fully saturated rings. The summed E-state index contributed by atoms with van der Waals surface area (Å²) in [5.41, 5.74) is -0.483. The van der Waals surface area contributed by atoms with Crippen LogP contribution in [0, 0.1) is 0 Å². The van der Waals surface area contributed by atoms with E-state index in [-0.39, 0.29) is 18.4 Å². The number of carbonyl (C=O) groups is 1. The number of thiocarbonyl (C=S) groups is 1. The molecule has 1 aliphatic carbocycles. The monoisotopic (exact) mass is 347 g/mol. The average Bonchev–Trinajstić information content (AvgIpc) is 2.35. The van der Waals surface area contributed by atoms with Crippen molar-refractivity contribution in [1.29, 1.82) is 0 Å². The van der Waals surface area contributed by atoms with Crippen LogP contribution >= 0.6 is 35.4 Å². The molecular weight excluding hydrogens is 332 g/mol. The van der Waals surface area contributed by atoms with Gasteiger partial charge in [-0.1, -0.05) is 41.5 Å². The topological polar surface area (TPSA) is 29.1 Å². The van der Waals surface area contributed by atoms with E-state index in [9.17, 15) is 9.18 Å². The fraction of sp³-hybridized carbons (Fsp3) is 0.467. The number of aldehydes is 1. The van der Waals surface area contributed by atoms with Gasteiger partial charge in [0, 0.05) is 41.3 Å². The van der Waals surface area contributed by atoms with E-state index in [1.54, 1.807) is 25.1 Å². The van der Waals surface area contributed by atoms with E-state index in [1.807, 2.05) is 0 Å². The first kappa shape index (κ1) is 16.7. The zero-order valence-electron chi connectivity index (χ0n) is 11.5. The summed E-state index contributed by atoms with van der Waals surface area (Å²) in [7, 11) is 0. The molecular formula is C15H16Cl2FNOS. The molecule has 1 aromatic carbocycles. The second-order valence-electron chi connectivity index (χ2n) is 5.62. The molecule has 0 saturated heterocycles. The lowest BCUT2D eigenvalue weighted by Crippen LogP contribution is -2.51. The van der Waals surface area contributed by atoms with Crippen molar-refractivity contribution in [3.63, 3.8) is 0 Å². The van der Waals surface area contributed by atoms with E-state index in [2.05, 4.69) is 5.32 Å². The van der Waals surface area contributed by atoms with Crippen molar-refractivity contribution in [2.24, 2.45) is 0 Å². The molecule has 0 amide bonds. The van der Waals surface area contributed by atoms with Crippen LogP contribution in [0.15, 0.2) is 18.2 Å². The van der Waals surface area contributed by atoms with Gasteiger partial charge in [0.05, 0.1) is 4.99 Å². The van der Waals surface area contributed by atoms with Crippen molar-refractivity contribution in [2.75, 3.05) is 0 Å². The van der Waals surface area contributed by atoms with Crippen LogP contribution in [-0.2, 0) is 4.79 Å². The van der Waals surface area contributed by atoms with Gasteiger partial charge >= 0.3 is 0 Å². The maximum Gasteiger partial charge on any atom is 0.121 e. The van der Waals surface area contributed by atoms with Crippen LogP contribution in [0.4, 0.5) is 4.39 Å². The molecule has 0 spiro atoms. The third-order valence-electron chi connectivity index (χ3n) is 3.69. The molecule has 1 saturated carbocycles. The first-order valence-electron chi connectivity index (χ1n) is 6.71. The highest BCUT2D eigenvalue weighted by Gasteiger charge is 2.41. The fourth-order valence-corrected chi connectivity index (χ4v) is 3.71. The zero-order valence-corrected chi connectivity index (χ0v) is 13.9. The van der Waals surface area contributed by atoms with Gasteiger partial charge in [-0.25, -0.2) is 4.39 Å². The molecule has 0 bridgehead atoms. The highest BCUT2D eigenvalue weighted by Crippen LogP contribution is 2.37. The number of carbonyl (C=O) groups excluding carboxylic acids is 1. The maximum absolute atomic E-state index is 13.5. The van der Waals surface area contributed by atoms with Gasteiger partial charge in [-0.15, -0.1) is 0 Å². The standard InChI is InChI=1S/C15H16Cl2FNOS/c1-15(18)7-9(8-15)19-14(21)10(5-6-20)13-11(16)3-2-4-12(13)17/h2-4,6,9-10H,5,7-8H2,1H3,(H,19,21). The normalized spacial score (nSPS) is 25.8. The van der Waals surface area contributed by atoms with E-state index >= 15 is 0 Å². The van der Waals surface area contributed by atoms with E-state index in [4.69, 9.17) is 35.4 Å². The quantitative estimate of drug-likeness (QED) is 0.629. The largest absolute Gasteiger partial charge is 0.376 e. The minimum atomic E-state index is -1.13. The Morgan fingerprint density at radius 2 is 2.10 bits per heavy atom. The van der Waals surface area contributed by atoms with Gasteiger partial charge in [-0.05, 0) is 24.6 Å². The summed E-state index contributed by atoms with van der Waals surface area (Å²) < 4.78 is 13.5. The van der Waals surface area contributed by atoms with Gasteiger partial charge in [0.15, 0.2) is 0 Å². The SMILES string of the molecule is CC1(F)CC(NC(=S)C(CC=O)c2c(Cl)cccc2Cl)C1. The van der Waals surface area contributed by atoms with Crippen LogP contribution in [0.1, 0.15) is 37.7 Å². The van der Waals surface area contributed by atoms with Gasteiger partial charge in [0.1, 0.15) is 12.0 Å². The van der Waals surface area contributed by atoms with Crippen molar-refractivity contribution in [1.82, 2.24) is 5.32 Å². The molecule has 2 nitrogen and oxygen atoms in total. The highest BCUT2D eigenvalue weighted by molar-refractivity contribution is 7.80. The summed E-state index contributed by atoms with van der Waals surface area (Å²) >= 11 is 17.8. The van der Waals surface area contributed by atoms with Gasteiger partial charge in [-0.3, -0.25) is 0 Å². The molecule has 1 unspecified atom stereocenters. The molecule has 1 atom stereocenters. The van der Waals surface area contributed by atoms with Crippen molar-refractivity contribution in [2.45, 2.75) is 43.8 Å². The Hall–Kier alpha value is -0.710. The summed E-state index contributed by atoms with van der Waals surface area (Å²) in [5, 5.41) is 4.07. The Labute approximate surface area is 139 Å². The predicted molar refractivity (Wildman–Crippen MR) is 88.2 cm³/mol. The minimum absolute atomic E-state index is 0.00270. The predicted octanol–water partition coefficient (Wildman–Crippen LogP) is 4.47. The molecule has 0 aliphatic heterocycles. The number of rotatable bonds is 5. The van der Waals surface area contributed by atoms with E-state index < -0.39 is 5.67 Å². The molecule has 0 heterocycles. The molecule has 0 radical (unpaired) electrons. The molecule has 1 aromatic rings. The summed E-state index contributed by atoms with van der Waals surface area (Å²) in [6.45, 7) is 1.57. The Kier molecular flexibility index (Phi) is 5.23. The number of benzene rings is 1. The van der Waals surface area contributed by atoms with Crippen molar-refractivity contribution in [3.8, 4) is 0 Å². The Bertz CT molecular complexity index is 536. The van der Waals surface area contributed by atoms with E-state index in [0.29, 0.717) is 33.4 Å². The first-order valence-corrected chi connectivity index (χ1v) is 7.87. The van der Waals surface area contributed by atoms with Gasteiger partial charge < -0.3 is 10.1 Å². The summed E-state index contributed by atoms with van der Waals surface area (Å²) in [6.07, 6.45) is 1.81. The maximum atomic E-state index is 13.5. The minimum Gasteiger partial charge on any atom is -0.376 e. The number of alkyl halides is 1. The summed E-state index contributed by atoms with van der Waals surface area (Å²) in [5.74, 6) is -0.384. The van der Waals surface area contributed by atoms with Crippen molar-refractivity contribution >= 4 is 46.7 Å². The highest BCUT2D eigenvalue weighted by atomic mass is 35.5. The lowest BCUT2D eigenvalue weighted by molar-refractivity contribution is -0.107. The number of hydrogen-bond acceptors (Lipinski definition) is 2. The molecule has 6 heteroatoms. The van der Waals surface area contributed by atoms with E-state index in [0.717, 1.165) is 6.29 Å². The smallest absolute Gasteiger partial charge is 0.121 e. The molecule has 114 valence electrons. The lowest BCUT2D eigenvalue weighted by atomic mass is 9.78. The molecule has 0 aromatic heterocycles. The Balaban J connectivity index is 2.15. The van der Waals surface area contributed by atoms with Crippen LogP contribution in [0.25, 0.3) is 0 Å². The third-order valence-corrected chi connectivity index (χ3v) is 4.75. The fourth-order valence-electron chi connectivity index (χ4n) is 2.67. The third kappa shape index (κ3) is 3.93. The second-order valence-corrected chi connectivity index (χ2v) is 6.87. The molecule has 21 heavy (non-hydrogen) atoms. The Morgan fingerprint density at radius 3 is 2.57 bits per heavy atom. The Morgan fingerprint density at radius 1 is 1.52 bits per heavy atom. The molecule has 1 N–H and O–H groups in total. The number of hydrogen-bond donors (Lipinski definition) is 1. The van der Waals surface area contributed by atoms with Crippen LogP contribution in [0.5, 0.6) is 0 Å². The van der Waals surface area contributed by atoms with Gasteiger partial charge in [0.2, 0.25) is 0 Å².